The van der Waals surface area contributed by atoms with E-state index in [1.807, 2.05) is 31.2 Å². The third-order valence-corrected chi connectivity index (χ3v) is 5.27. The van der Waals surface area contributed by atoms with Gasteiger partial charge in [-0.05, 0) is 49.6 Å². The van der Waals surface area contributed by atoms with Gasteiger partial charge in [0.25, 0.3) is 0 Å². The highest BCUT2D eigenvalue weighted by atomic mass is 35.5. The third-order valence-electron chi connectivity index (χ3n) is 5.02. The number of H-pyrrole nitrogens is 1. The molecule has 1 N–H and O–H groups in total. The van der Waals surface area contributed by atoms with Crippen molar-refractivity contribution >= 4 is 22.6 Å². The number of aromatic amines is 1. The predicted octanol–water partition coefficient (Wildman–Crippen LogP) is 4.10. The predicted molar refractivity (Wildman–Crippen MR) is 100 cm³/mol. The molecule has 1 atom stereocenters. The minimum atomic E-state index is 0.198. The summed E-state index contributed by atoms with van der Waals surface area (Å²) in [7, 11) is 0. The number of fused-ring (bicyclic) bond motifs is 2. The van der Waals surface area contributed by atoms with Crippen molar-refractivity contribution in [3.8, 4) is 11.5 Å². The number of hydrogen-bond acceptors (Lipinski definition) is 4. The van der Waals surface area contributed by atoms with E-state index in [9.17, 15) is 0 Å². The molecule has 6 nitrogen and oxygen atoms in total. The average molecular weight is 365 g/mol. The maximum absolute atomic E-state index is 6.07. The Morgan fingerprint density at radius 3 is 2.81 bits per heavy atom. The lowest BCUT2D eigenvalue weighted by Crippen LogP contribution is -2.20. The first kappa shape index (κ1) is 15.5. The summed E-state index contributed by atoms with van der Waals surface area (Å²) in [6, 6.07) is 12.2. The number of halogens is 1. The van der Waals surface area contributed by atoms with Crippen LogP contribution in [0.3, 0.4) is 0 Å². The van der Waals surface area contributed by atoms with Gasteiger partial charge in [-0.25, -0.2) is 4.98 Å². The zero-order chi connectivity index (χ0) is 17.7. The van der Waals surface area contributed by atoms with Gasteiger partial charge >= 0.3 is 0 Å². The summed E-state index contributed by atoms with van der Waals surface area (Å²) >= 11 is 6.07. The maximum atomic E-state index is 6.07. The summed E-state index contributed by atoms with van der Waals surface area (Å²) in [5.41, 5.74) is 4.73. The second-order valence-electron chi connectivity index (χ2n) is 6.67. The molecule has 0 amide bonds. The van der Waals surface area contributed by atoms with E-state index >= 15 is 0 Å². The minimum absolute atomic E-state index is 0.198. The lowest BCUT2D eigenvalue weighted by atomic mass is 9.97. The highest BCUT2D eigenvalue weighted by Crippen LogP contribution is 2.34. The first-order valence-corrected chi connectivity index (χ1v) is 9.10. The molecule has 1 unspecified atom stereocenters. The maximum Gasteiger partial charge on any atom is 0.183 e. The fourth-order valence-electron chi connectivity index (χ4n) is 3.73. The average Bonchev–Trinajstić information content (AvgIpc) is 3.26. The van der Waals surface area contributed by atoms with Crippen molar-refractivity contribution in [3.63, 3.8) is 0 Å². The van der Waals surface area contributed by atoms with Gasteiger partial charge in [-0.15, -0.1) is 10.2 Å². The molecule has 7 heteroatoms. The number of aromatic nitrogens is 6. The quantitative estimate of drug-likeness (QED) is 0.581. The second kappa shape index (κ2) is 5.92. The van der Waals surface area contributed by atoms with Gasteiger partial charge in [0.05, 0.1) is 17.3 Å². The van der Waals surface area contributed by atoms with Crippen LogP contribution in [0.1, 0.15) is 36.0 Å². The Labute approximate surface area is 155 Å². The van der Waals surface area contributed by atoms with Crippen LogP contribution in [0.15, 0.2) is 36.4 Å². The molecule has 26 heavy (non-hydrogen) atoms. The molecule has 130 valence electrons. The van der Waals surface area contributed by atoms with Crippen LogP contribution in [0, 0.1) is 6.92 Å². The number of nitrogens with one attached hydrogen (secondary N) is 1. The highest BCUT2D eigenvalue weighted by molar-refractivity contribution is 6.30. The van der Waals surface area contributed by atoms with E-state index in [1.165, 1.54) is 5.56 Å². The van der Waals surface area contributed by atoms with Gasteiger partial charge < -0.3 is 4.57 Å². The summed E-state index contributed by atoms with van der Waals surface area (Å²) in [4.78, 5) is 4.79. The highest BCUT2D eigenvalue weighted by Gasteiger charge is 2.27. The molecule has 1 aliphatic rings. The van der Waals surface area contributed by atoms with E-state index in [1.54, 1.807) is 0 Å². The molecule has 0 bridgehead atoms. The van der Waals surface area contributed by atoms with Gasteiger partial charge in [-0.1, -0.05) is 23.7 Å². The molecule has 0 spiro atoms. The summed E-state index contributed by atoms with van der Waals surface area (Å²) < 4.78 is 2.23. The van der Waals surface area contributed by atoms with Crippen LogP contribution in [0.5, 0.6) is 0 Å². The van der Waals surface area contributed by atoms with E-state index in [0.717, 1.165) is 58.4 Å². The van der Waals surface area contributed by atoms with Gasteiger partial charge in [0.15, 0.2) is 5.82 Å². The molecule has 0 radical (unpaired) electrons. The number of aryl methyl sites for hydroxylation is 2. The van der Waals surface area contributed by atoms with Crippen LogP contribution in [0.25, 0.3) is 22.6 Å². The van der Waals surface area contributed by atoms with E-state index in [0.29, 0.717) is 0 Å². The molecule has 4 heterocycles. The van der Waals surface area contributed by atoms with Crippen molar-refractivity contribution < 1.29 is 0 Å². The largest absolute Gasteiger partial charge is 0.302 e. The number of pyridine rings is 1. The van der Waals surface area contributed by atoms with Crippen molar-refractivity contribution in [2.45, 2.75) is 32.2 Å². The monoisotopic (exact) mass is 364 g/mol. The Kier molecular flexibility index (Phi) is 3.53. The summed E-state index contributed by atoms with van der Waals surface area (Å²) in [6.07, 6.45) is 3.08. The normalized spacial score (nSPS) is 16.8. The van der Waals surface area contributed by atoms with Crippen LogP contribution in [-0.4, -0.2) is 29.9 Å². The zero-order valence-electron chi connectivity index (χ0n) is 14.3. The first-order valence-electron chi connectivity index (χ1n) is 8.72. The zero-order valence-corrected chi connectivity index (χ0v) is 15.0. The van der Waals surface area contributed by atoms with E-state index in [-0.39, 0.29) is 6.04 Å². The Bertz CT molecular complexity index is 1100. The Morgan fingerprint density at radius 1 is 1.12 bits per heavy atom. The number of benzene rings is 1. The van der Waals surface area contributed by atoms with Gasteiger partial charge in [0, 0.05) is 11.4 Å². The molecule has 5 rings (SSSR count). The van der Waals surface area contributed by atoms with Crippen molar-refractivity contribution in [1.82, 2.24) is 29.9 Å². The third kappa shape index (κ3) is 2.41. The van der Waals surface area contributed by atoms with E-state index < -0.39 is 0 Å². The Balaban J connectivity index is 1.66. The number of rotatable bonds is 2. The molecule has 1 aliphatic heterocycles. The van der Waals surface area contributed by atoms with Crippen LogP contribution < -0.4 is 0 Å². The summed E-state index contributed by atoms with van der Waals surface area (Å²) in [5.74, 6) is 1.82. The molecular weight excluding hydrogens is 348 g/mol. The molecule has 0 aliphatic carbocycles. The molecule has 4 aromatic rings. The molecule has 3 aromatic heterocycles. The van der Waals surface area contributed by atoms with Crippen molar-refractivity contribution in [1.29, 1.82) is 0 Å². The first-order chi connectivity index (χ1) is 12.7. The van der Waals surface area contributed by atoms with Gasteiger partial charge in [0.2, 0.25) is 0 Å². The second-order valence-corrected chi connectivity index (χ2v) is 7.11. The van der Waals surface area contributed by atoms with Crippen LogP contribution >= 0.6 is 11.6 Å². The van der Waals surface area contributed by atoms with Crippen molar-refractivity contribution in [2.75, 3.05) is 0 Å². The summed E-state index contributed by atoms with van der Waals surface area (Å²) in [6.45, 7) is 1.95. The number of nitrogens with zero attached hydrogens (tertiary/aromatic N) is 5. The van der Waals surface area contributed by atoms with Gasteiger partial charge in [-0.3, -0.25) is 5.10 Å². The smallest absolute Gasteiger partial charge is 0.183 e. The fourth-order valence-corrected chi connectivity index (χ4v) is 3.85. The lowest BCUT2D eigenvalue weighted by Gasteiger charge is -2.26. The van der Waals surface area contributed by atoms with Crippen LogP contribution in [0.2, 0.25) is 5.02 Å². The molecular formula is C19H17ClN6. The SMILES string of the molecule is Cc1n[nH]c2ccc(-c3nnc4n3C(c3ccc(Cl)cc3)CCC4)nc12. The summed E-state index contributed by atoms with van der Waals surface area (Å²) in [5, 5.41) is 16.9. The number of hydrogen-bond donors (Lipinski definition) is 1. The molecule has 0 fully saturated rings. The lowest BCUT2D eigenvalue weighted by molar-refractivity contribution is 0.454. The van der Waals surface area contributed by atoms with E-state index in [4.69, 9.17) is 16.6 Å². The van der Waals surface area contributed by atoms with Crippen LogP contribution in [0.4, 0.5) is 0 Å². The topological polar surface area (TPSA) is 72.3 Å². The Morgan fingerprint density at radius 2 is 1.96 bits per heavy atom. The van der Waals surface area contributed by atoms with Gasteiger partial charge in [0.1, 0.15) is 17.0 Å². The van der Waals surface area contributed by atoms with Crippen molar-refractivity contribution in [3.05, 3.63) is 58.5 Å². The van der Waals surface area contributed by atoms with Crippen molar-refractivity contribution in [2.24, 2.45) is 0 Å². The standard InChI is InChI=1S/C19H17ClN6/c1-11-18-14(23-22-11)9-10-15(21-18)19-25-24-17-4-2-3-16(26(17)19)12-5-7-13(20)8-6-12/h5-10,16H,2-4H2,1H3,(H,22,23). The molecule has 1 aromatic carbocycles. The Hall–Kier alpha value is -2.73. The van der Waals surface area contributed by atoms with Gasteiger partial charge in [-0.2, -0.15) is 5.10 Å². The van der Waals surface area contributed by atoms with E-state index in [2.05, 4.69) is 37.1 Å². The fraction of sp³-hybridized carbons (Fsp3) is 0.263. The van der Waals surface area contributed by atoms with Crippen LogP contribution in [-0.2, 0) is 6.42 Å². The minimum Gasteiger partial charge on any atom is -0.302 e. The molecule has 0 saturated carbocycles. The molecule has 0 saturated heterocycles.